The first-order valence-electron chi connectivity index (χ1n) is 14.4. The SMILES string of the molecule is C=C(CN1CCOCC1)N1N=CN=C(N)C1C(C)c1cc(F)c(NC(=O)Nc2cccc(C(C)(CC)CC)c2)cc1F. The van der Waals surface area contributed by atoms with Crippen molar-refractivity contribution in [3.63, 3.8) is 0 Å². The third-order valence-corrected chi connectivity index (χ3v) is 8.46. The number of amides is 2. The molecule has 0 bridgehead atoms. The van der Waals surface area contributed by atoms with E-state index in [4.69, 9.17) is 10.5 Å². The molecule has 2 heterocycles. The number of halogens is 2. The Bertz CT molecular complexity index is 1350. The second kappa shape index (κ2) is 13.4. The summed E-state index contributed by atoms with van der Waals surface area (Å²) < 4.78 is 36.2. The zero-order valence-electron chi connectivity index (χ0n) is 24.8. The number of amidine groups is 1. The predicted molar refractivity (Wildman–Crippen MR) is 164 cm³/mol. The number of hydrazone groups is 1. The summed E-state index contributed by atoms with van der Waals surface area (Å²) in [5.41, 5.74) is 8.34. The van der Waals surface area contributed by atoms with Crippen molar-refractivity contribution in [3.05, 3.63) is 71.4 Å². The first-order chi connectivity index (χ1) is 20.1. The number of anilines is 2. The normalized spacial score (nSPS) is 18.4. The van der Waals surface area contributed by atoms with Gasteiger partial charge >= 0.3 is 6.03 Å². The lowest BCUT2D eigenvalue weighted by Gasteiger charge is -2.38. The third-order valence-electron chi connectivity index (χ3n) is 8.46. The van der Waals surface area contributed by atoms with Crippen molar-refractivity contribution in [1.82, 2.24) is 9.91 Å². The molecule has 11 heteroatoms. The van der Waals surface area contributed by atoms with E-state index < -0.39 is 29.6 Å². The summed E-state index contributed by atoms with van der Waals surface area (Å²) in [5.74, 6) is -1.89. The van der Waals surface area contributed by atoms with E-state index in [-0.39, 0.29) is 22.5 Å². The van der Waals surface area contributed by atoms with E-state index >= 15 is 8.78 Å². The number of nitrogens with two attached hydrogens (primary N) is 1. The smallest absolute Gasteiger partial charge is 0.323 e. The number of benzene rings is 2. The van der Waals surface area contributed by atoms with Gasteiger partial charge in [0, 0.05) is 43.0 Å². The topological polar surface area (TPSA) is 108 Å². The third kappa shape index (κ3) is 6.96. The van der Waals surface area contributed by atoms with Crippen LogP contribution in [-0.2, 0) is 10.2 Å². The van der Waals surface area contributed by atoms with E-state index in [1.165, 1.54) is 6.34 Å². The van der Waals surface area contributed by atoms with Crippen LogP contribution in [-0.4, -0.2) is 67.0 Å². The highest BCUT2D eigenvalue weighted by atomic mass is 19.1. The van der Waals surface area contributed by atoms with Crippen LogP contribution in [0.3, 0.4) is 0 Å². The van der Waals surface area contributed by atoms with E-state index in [1.807, 2.05) is 18.2 Å². The molecule has 1 fully saturated rings. The minimum absolute atomic E-state index is 0.0296. The molecule has 0 aliphatic carbocycles. The number of morpholine rings is 1. The lowest BCUT2D eigenvalue weighted by atomic mass is 9.78. The Kier molecular flexibility index (Phi) is 9.95. The molecule has 2 amide bonds. The first kappa shape index (κ1) is 31.1. The molecule has 226 valence electrons. The molecule has 2 aromatic rings. The standard InChI is InChI=1S/C31H41F2N7O2/c1-6-31(5,7-2)22-9-8-10-23(15-22)37-30(41)38-27-17-25(32)24(16-26(27)33)21(4)28-29(34)35-19-36-40(28)20(3)18-39-11-13-42-14-12-39/h8-10,15-17,19,21,28H,3,6-7,11-14,18H2,1-2,4-5H3,(H2,34,35,36)(H2,37,38,41). The fourth-order valence-corrected chi connectivity index (χ4v) is 5.35. The monoisotopic (exact) mass is 581 g/mol. The second-order valence-electron chi connectivity index (χ2n) is 11.1. The Morgan fingerprint density at radius 2 is 1.88 bits per heavy atom. The van der Waals surface area contributed by atoms with Crippen molar-refractivity contribution in [1.29, 1.82) is 0 Å². The van der Waals surface area contributed by atoms with Crippen LogP contribution in [0.5, 0.6) is 0 Å². The van der Waals surface area contributed by atoms with Gasteiger partial charge in [0.25, 0.3) is 0 Å². The second-order valence-corrected chi connectivity index (χ2v) is 11.1. The molecule has 2 aromatic carbocycles. The van der Waals surface area contributed by atoms with Crippen molar-refractivity contribution < 1.29 is 18.3 Å². The van der Waals surface area contributed by atoms with Crippen LogP contribution in [0.15, 0.2) is 58.8 Å². The predicted octanol–water partition coefficient (Wildman–Crippen LogP) is 5.62. The van der Waals surface area contributed by atoms with Crippen molar-refractivity contribution in [3.8, 4) is 0 Å². The molecule has 9 nitrogen and oxygen atoms in total. The summed E-state index contributed by atoms with van der Waals surface area (Å²) in [4.78, 5) is 19.1. The summed E-state index contributed by atoms with van der Waals surface area (Å²) in [5, 5.41) is 11.1. The van der Waals surface area contributed by atoms with Crippen LogP contribution in [0.25, 0.3) is 0 Å². The number of nitrogens with zero attached hydrogens (tertiary/aromatic N) is 4. The molecule has 2 aliphatic rings. The minimum Gasteiger partial charge on any atom is -0.385 e. The molecule has 4 N–H and O–H groups in total. The Morgan fingerprint density at radius 3 is 2.57 bits per heavy atom. The zero-order chi connectivity index (χ0) is 30.4. The number of urea groups is 1. The van der Waals surface area contributed by atoms with Crippen molar-refractivity contribution in [2.45, 2.75) is 57.9 Å². The molecule has 0 saturated carbocycles. The van der Waals surface area contributed by atoms with Gasteiger partial charge < -0.3 is 21.1 Å². The largest absolute Gasteiger partial charge is 0.385 e. The maximum atomic E-state index is 15.5. The number of aliphatic imine (C=N–C) groups is 1. The lowest BCUT2D eigenvalue weighted by Crippen LogP contribution is -2.49. The van der Waals surface area contributed by atoms with Gasteiger partial charge in [0.1, 0.15) is 29.9 Å². The molecule has 2 atom stereocenters. The van der Waals surface area contributed by atoms with Gasteiger partial charge in [-0.15, -0.1) is 0 Å². The number of hydrogen-bond acceptors (Lipinski definition) is 7. The molecule has 4 rings (SSSR count). The van der Waals surface area contributed by atoms with Crippen LogP contribution < -0.4 is 16.4 Å². The van der Waals surface area contributed by atoms with Crippen molar-refractivity contribution >= 4 is 29.6 Å². The molecular weight excluding hydrogens is 540 g/mol. The van der Waals surface area contributed by atoms with Gasteiger partial charge in [-0.3, -0.25) is 9.91 Å². The van der Waals surface area contributed by atoms with E-state index in [0.29, 0.717) is 31.1 Å². The highest BCUT2D eigenvalue weighted by Crippen LogP contribution is 2.34. The Labute approximate surface area is 246 Å². The molecule has 2 unspecified atom stereocenters. The average molecular weight is 582 g/mol. The highest BCUT2D eigenvalue weighted by Gasteiger charge is 2.34. The number of hydrogen-bond donors (Lipinski definition) is 3. The van der Waals surface area contributed by atoms with Crippen LogP contribution >= 0.6 is 0 Å². The summed E-state index contributed by atoms with van der Waals surface area (Å²) in [6.45, 7) is 15.6. The van der Waals surface area contributed by atoms with Crippen LogP contribution in [0.4, 0.5) is 25.0 Å². The molecule has 0 radical (unpaired) electrons. The fraction of sp³-hybridized carbons (Fsp3) is 0.452. The number of carbonyl (C=O) groups is 1. The molecular formula is C31H41F2N7O2. The van der Waals surface area contributed by atoms with E-state index in [9.17, 15) is 4.79 Å². The molecule has 0 aromatic heterocycles. The van der Waals surface area contributed by atoms with E-state index in [0.717, 1.165) is 43.6 Å². The van der Waals surface area contributed by atoms with Gasteiger partial charge in [-0.05, 0) is 47.6 Å². The number of nitrogens with one attached hydrogen (secondary N) is 2. The van der Waals surface area contributed by atoms with E-state index in [1.54, 1.807) is 18.0 Å². The van der Waals surface area contributed by atoms with Crippen LogP contribution in [0.1, 0.15) is 57.6 Å². The van der Waals surface area contributed by atoms with Crippen molar-refractivity contribution in [2.75, 3.05) is 43.5 Å². The van der Waals surface area contributed by atoms with Gasteiger partial charge in [0.2, 0.25) is 0 Å². The van der Waals surface area contributed by atoms with Crippen molar-refractivity contribution in [2.24, 2.45) is 15.8 Å². The Hall–Kier alpha value is -3.83. The number of ether oxygens (including phenoxy) is 1. The fourth-order valence-electron chi connectivity index (χ4n) is 5.35. The van der Waals surface area contributed by atoms with E-state index in [2.05, 4.69) is 53.0 Å². The maximum absolute atomic E-state index is 15.5. The molecule has 42 heavy (non-hydrogen) atoms. The Balaban J connectivity index is 1.48. The summed E-state index contributed by atoms with van der Waals surface area (Å²) in [6, 6.07) is 8.27. The quantitative estimate of drug-likeness (QED) is 0.338. The summed E-state index contributed by atoms with van der Waals surface area (Å²) in [7, 11) is 0. The zero-order valence-corrected chi connectivity index (χ0v) is 24.8. The molecule has 1 saturated heterocycles. The van der Waals surface area contributed by atoms with Crippen LogP contribution in [0, 0.1) is 11.6 Å². The molecule has 0 spiro atoms. The lowest BCUT2D eigenvalue weighted by molar-refractivity contribution is 0.0385. The maximum Gasteiger partial charge on any atom is 0.323 e. The van der Waals surface area contributed by atoms with Gasteiger partial charge in [-0.1, -0.05) is 46.4 Å². The molecule has 2 aliphatic heterocycles. The first-order valence-corrected chi connectivity index (χ1v) is 14.4. The van der Waals surface area contributed by atoms with Gasteiger partial charge in [-0.25, -0.2) is 18.6 Å². The highest BCUT2D eigenvalue weighted by molar-refractivity contribution is 6.00. The van der Waals surface area contributed by atoms with Crippen LogP contribution in [0.2, 0.25) is 0 Å². The Morgan fingerprint density at radius 1 is 1.17 bits per heavy atom. The van der Waals surface area contributed by atoms with Gasteiger partial charge in [-0.2, -0.15) is 5.10 Å². The summed E-state index contributed by atoms with van der Waals surface area (Å²) in [6.07, 6.45) is 3.21. The summed E-state index contributed by atoms with van der Waals surface area (Å²) >= 11 is 0. The minimum atomic E-state index is -0.778. The van der Waals surface area contributed by atoms with Gasteiger partial charge in [0.05, 0.1) is 18.9 Å². The number of carbonyl (C=O) groups excluding carboxylic acids is 1. The van der Waals surface area contributed by atoms with Gasteiger partial charge in [0.15, 0.2) is 0 Å². The number of rotatable bonds is 10. The average Bonchev–Trinajstić information content (AvgIpc) is 2.98.